The lowest BCUT2D eigenvalue weighted by atomic mass is 10.4. The van der Waals surface area contributed by atoms with Gasteiger partial charge in [-0.1, -0.05) is 0 Å². The van der Waals surface area contributed by atoms with Gasteiger partial charge in [0.2, 0.25) is 5.91 Å². The number of hydrazone groups is 1. The van der Waals surface area contributed by atoms with Gasteiger partial charge in [-0.3, -0.25) is 9.80 Å². The summed E-state index contributed by atoms with van der Waals surface area (Å²) in [7, 11) is 0. The zero-order chi connectivity index (χ0) is 9.26. The van der Waals surface area contributed by atoms with Crippen molar-refractivity contribution in [2.24, 2.45) is 10.8 Å². The third-order valence-corrected chi connectivity index (χ3v) is 1.76. The van der Waals surface area contributed by atoms with E-state index in [-0.39, 0.29) is 12.5 Å². The lowest BCUT2D eigenvalue weighted by Gasteiger charge is -2.20. The summed E-state index contributed by atoms with van der Waals surface area (Å²) >= 11 is 0. The Morgan fingerprint density at radius 3 is 3.31 bits per heavy atom. The molecule has 0 aromatic carbocycles. The van der Waals surface area contributed by atoms with Crippen molar-refractivity contribution in [3.8, 4) is 0 Å². The smallest absolute Gasteiger partial charge is 0.238 e. The van der Waals surface area contributed by atoms with Crippen molar-refractivity contribution in [3.63, 3.8) is 0 Å². The van der Waals surface area contributed by atoms with Crippen LogP contribution in [0.15, 0.2) is 17.4 Å². The maximum Gasteiger partial charge on any atom is 0.238 e. The number of amides is 1. The van der Waals surface area contributed by atoms with Crippen LogP contribution in [-0.2, 0) is 11.3 Å². The number of nitrogens with zero attached hydrogens (tertiary/aromatic N) is 4. The van der Waals surface area contributed by atoms with Gasteiger partial charge in [0.15, 0.2) is 0 Å². The highest BCUT2D eigenvalue weighted by Crippen LogP contribution is 2.06. The predicted molar refractivity (Wildman–Crippen MR) is 45.7 cm³/mol. The van der Waals surface area contributed by atoms with Crippen molar-refractivity contribution in [3.05, 3.63) is 18.0 Å². The van der Waals surface area contributed by atoms with Crippen LogP contribution < -0.4 is 5.73 Å². The number of nitrogens with two attached hydrogens (primary N) is 1. The molecule has 0 aliphatic carbocycles. The number of carbonyl (C=O) groups excluding carboxylic acids is 1. The predicted octanol–water partition coefficient (Wildman–Crippen LogP) is -1.02. The number of rotatable bonds is 2. The van der Waals surface area contributed by atoms with Gasteiger partial charge in [-0.25, -0.2) is 4.68 Å². The third-order valence-electron chi connectivity index (χ3n) is 1.76. The molecule has 0 saturated heterocycles. The molecule has 1 amide bonds. The van der Waals surface area contributed by atoms with Gasteiger partial charge in [0.25, 0.3) is 0 Å². The van der Waals surface area contributed by atoms with Gasteiger partial charge in [-0.15, -0.1) is 0 Å². The molecule has 6 heteroatoms. The summed E-state index contributed by atoms with van der Waals surface area (Å²) in [5, 5.41) is 9.58. The van der Waals surface area contributed by atoms with E-state index in [1.54, 1.807) is 22.2 Å². The van der Waals surface area contributed by atoms with E-state index in [0.717, 1.165) is 5.69 Å². The maximum atomic E-state index is 10.6. The van der Waals surface area contributed by atoms with Crippen molar-refractivity contribution >= 4 is 12.2 Å². The van der Waals surface area contributed by atoms with Crippen molar-refractivity contribution < 1.29 is 4.79 Å². The molecule has 0 saturated carbocycles. The molecule has 68 valence electrons. The first-order valence-electron chi connectivity index (χ1n) is 3.85. The molecule has 0 fully saturated rings. The van der Waals surface area contributed by atoms with E-state index in [4.69, 9.17) is 5.73 Å². The fourth-order valence-corrected chi connectivity index (χ4v) is 1.20. The van der Waals surface area contributed by atoms with Crippen LogP contribution in [0, 0.1) is 0 Å². The van der Waals surface area contributed by atoms with Crippen molar-refractivity contribution in [1.29, 1.82) is 0 Å². The molecule has 2 rings (SSSR count). The van der Waals surface area contributed by atoms with E-state index in [2.05, 4.69) is 10.2 Å². The standard InChI is InChI=1S/C7H9N5O/c8-7(13)4-11-3-6-1-2-9-12(6)5-10-11/h1-2,5H,3-4H2,(H2,8,13). The van der Waals surface area contributed by atoms with E-state index in [1.165, 1.54) is 0 Å². The lowest BCUT2D eigenvalue weighted by molar-refractivity contribution is -0.119. The number of hydrogen-bond acceptors (Lipinski definition) is 4. The summed E-state index contributed by atoms with van der Waals surface area (Å²) in [6.45, 7) is 0.709. The Labute approximate surface area is 74.6 Å². The topological polar surface area (TPSA) is 76.5 Å². The van der Waals surface area contributed by atoms with Crippen molar-refractivity contribution in [2.75, 3.05) is 6.54 Å². The van der Waals surface area contributed by atoms with Crippen molar-refractivity contribution in [1.82, 2.24) is 14.8 Å². The summed E-state index contributed by atoms with van der Waals surface area (Å²) in [6, 6.07) is 1.87. The molecule has 0 bridgehead atoms. The Kier molecular flexibility index (Phi) is 1.73. The fourth-order valence-electron chi connectivity index (χ4n) is 1.20. The van der Waals surface area contributed by atoms with Gasteiger partial charge in [-0.05, 0) is 6.07 Å². The number of primary amides is 1. The first-order valence-corrected chi connectivity index (χ1v) is 3.85. The molecule has 1 aromatic rings. The Morgan fingerprint density at radius 2 is 2.54 bits per heavy atom. The quantitative estimate of drug-likeness (QED) is 0.631. The second kappa shape index (κ2) is 2.89. The maximum absolute atomic E-state index is 10.6. The third kappa shape index (κ3) is 1.51. The summed E-state index contributed by atoms with van der Waals surface area (Å²) < 4.78 is 1.66. The molecule has 6 nitrogen and oxygen atoms in total. The zero-order valence-corrected chi connectivity index (χ0v) is 6.92. The Hall–Kier alpha value is -1.85. The zero-order valence-electron chi connectivity index (χ0n) is 6.92. The molecule has 0 atom stereocenters. The van der Waals surface area contributed by atoms with Crippen LogP contribution in [-0.4, -0.2) is 33.6 Å². The second-order valence-corrected chi connectivity index (χ2v) is 2.79. The van der Waals surface area contributed by atoms with Gasteiger partial charge in [-0.2, -0.15) is 10.2 Å². The van der Waals surface area contributed by atoms with E-state index < -0.39 is 0 Å². The monoisotopic (exact) mass is 179 g/mol. The Bertz CT molecular complexity index is 356. The van der Waals surface area contributed by atoms with E-state index >= 15 is 0 Å². The van der Waals surface area contributed by atoms with E-state index in [1.807, 2.05) is 6.07 Å². The molecule has 2 N–H and O–H groups in total. The molecule has 0 spiro atoms. The van der Waals surface area contributed by atoms with Gasteiger partial charge < -0.3 is 5.73 Å². The first kappa shape index (κ1) is 7.78. The molecule has 2 heterocycles. The van der Waals surface area contributed by atoms with Crippen LogP contribution >= 0.6 is 0 Å². The first-order chi connectivity index (χ1) is 6.25. The lowest BCUT2D eigenvalue weighted by Crippen LogP contribution is -2.33. The van der Waals surface area contributed by atoms with Crippen LogP contribution in [0.3, 0.4) is 0 Å². The Morgan fingerprint density at radius 1 is 1.69 bits per heavy atom. The van der Waals surface area contributed by atoms with Gasteiger partial charge >= 0.3 is 0 Å². The molecular formula is C7H9N5O. The molecule has 1 aromatic heterocycles. The molecule has 0 radical (unpaired) electrons. The van der Waals surface area contributed by atoms with Crippen molar-refractivity contribution in [2.45, 2.75) is 6.54 Å². The normalized spacial score (nSPS) is 14.3. The summed E-state index contributed by atoms with van der Waals surface area (Å²) in [6.07, 6.45) is 3.25. The molecule has 13 heavy (non-hydrogen) atoms. The summed E-state index contributed by atoms with van der Waals surface area (Å²) in [5.41, 5.74) is 6.04. The highest BCUT2D eigenvalue weighted by atomic mass is 16.1. The number of hydrogen-bond donors (Lipinski definition) is 1. The highest BCUT2D eigenvalue weighted by molar-refractivity contribution is 5.76. The molecular weight excluding hydrogens is 170 g/mol. The number of aromatic nitrogens is 2. The number of carbonyl (C=O) groups is 1. The van der Waals surface area contributed by atoms with Crippen LogP contribution in [0.1, 0.15) is 5.69 Å². The molecule has 0 unspecified atom stereocenters. The Balaban J connectivity index is 2.12. The minimum Gasteiger partial charge on any atom is -0.368 e. The summed E-state index contributed by atoms with van der Waals surface area (Å²) in [4.78, 5) is 10.6. The van der Waals surface area contributed by atoms with E-state index in [0.29, 0.717) is 6.54 Å². The van der Waals surface area contributed by atoms with Gasteiger partial charge in [0.1, 0.15) is 12.9 Å². The van der Waals surface area contributed by atoms with Crippen LogP contribution in [0.5, 0.6) is 0 Å². The molecule has 1 aliphatic rings. The average molecular weight is 179 g/mol. The SMILES string of the molecule is NC(=O)CN1Cc2ccnn2C=N1. The average Bonchev–Trinajstić information content (AvgIpc) is 2.49. The van der Waals surface area contributed by atoms with Crippen LogP contribution in [0.4, 0.5) is 0 Å². The van der Waals surface area contributed by atoms with Gasteiger partial charge in [0, 0.05) is 6.20 Å². The van der Waals surface area contributed by atoms with E-state index in [9.17, 15) is 4.79 Å². The summed E-state index contributed by atoms with van der Waals surface area (Å²) in [5.74, 6) is -0.384. The minimum absolute atomic E-state index is 0.141. The fraction of sp³-hybridized carbons (Fsp3) is 0.286. The highest BCUT2D eigenvalue weighted by Gasteiger charge is 2.12. The number of fused-ring (bicyclic) bond motifs is 1. The molecule has 1 aliphatic heterocycles. The second-order valence-electron chi connectivity index (χ2n) is 2.79. The minimum atomic E-state index is -0.384. The van der Waals surface area contributed by atoms with Gasteiger partial charge in [0.05, 0.1) is 12.2 Å². The largest absolute Gasteiger partial charge is 0.368 e. The van der Waals surface area contributed by atoms with Crippen LogP contribution in [0.2, 0.25) is 0 Å². The van der Waals surface area contributed by atoms with Crippen LogP contribution in [0.25, 0.3) is 0 Å².